The molecule has 0 aromatic carbocycles. The van der Waals surface area contributed by atoms with Gasteiger partial charge >= 0.3 is 0 Å². The van der Waals surface area contributed by atoms with E-state index in [9.17, 15) is 9.90 Å². The summed E-state index contributed by atoms with van der Waals surface area (Å²) in [5, 5.41) is 10.6. The molecule has 12 atom stereocenters. The second kappa shape index (κ2) is 4.57. The van der Waals surface area contributed by atoms with Crippen LogP contribution in [0.1, 0.15) is 79.7 Å². The third kappa shape index (κ3) is 1.84. The second-order valence-corrected chi connectivity index (χ2v) is 7.91. The fourth-order valence-electron chi connectivity index (χ4n) is 5.62. The summed E-state index contributed by atoms with van der Waals surface area (Å²) in [4.78, 5) is 12.4. The zero-order chi connectivity index (χ0) is 20.1. The lowest BCUT2D eigenvalue weighted by Gasteiger charge is -2.60. The van der Waals surface area contributed by atoms with E-state index >= 15 is 0 Å². The predicted molar refractivity (Wildman–Crippen MR) is 82.7 cm³/mol. The molecule has 0 bridgehead atoms. The molecule has 4 aliphatic carbocycles. The lowest BCUT2D eigenvalue weighted by atomic mass is 9.45. The van der Waals surface area contributed by atoms with Crippen LogP contribution in [0.5, 0.6) is 0 Å². The molecule has 4 aliphatic rings. The number of hydrogen-bond acceptors (Lipinski definition) is 2. The van der Waals surface area contributed by atoms with Crippen molar-refractivity contribution < 1.29 is 18.1 Å². The Labute approximate surface area is 137 Å². The van der Waals surface area contributed by atoms with Crippen molar-refractivity contribution in [3.63, 3.8) is 0 Å². The highest BCUT2D eigenvalue weighted by Crippen LogP contribution is 2.65. The van der Waals surface area contributed by atoms with Gasteiger partial charge in [0.1, 0.15) is 5.78 Å². The maximum atomic E-state index is 12.4. The fourth-order valence-corrected chi connectivity index (χ4v) is 5.62. The van der Waals surface area contributed by atoms with Gasteiger partial charge < -0.3 is 5.11 Å². The quantitative estimate of drug-likeness (QED) is 0.735. The molecule has 2 nitrogen and oxygen atoms in total. The highest BCUT2D eigenvalue weighted by molar-refractivity contribution is 5.79. The Bertz CT molecular complexity index is 662. The van der Waals surface area contributed by atoms with Crippen molar-refractivity contribution in [1.82, 2.24) is 0 Å². The number of aliphatic hydroxyl groups excluding tert-OH is 1. The third-order valence-electron chi connectivity index (χ3n) is 7.06. The number of Topliss-reactive ketones (excluding diaryl/α,β-unsaturated/α-hetero) is 1. The highest BCUT2D eigenvalue weighted by Gasteiger charge is 2.59. The Morgan fingerprint density at radius 2 is 1.95 bits per heavy atom. The van der Waals surface area contributed by atoms with E-state index in [1.807, 2.05) is 0 Å². The molecule has 0 heterocycles. The van der Waals surface area contributed by atoms with Gasteiger partial charge in [0.25, 0.3) is 0 Å². The van der Waals surface area contributed by atoms with Gasteiger partial charge in [-0.05, 0) is 79.4 Å². The molecule has 4 rings (SSSR count). The third-order valence-corrected chi connectivity index (χ3v) is 7.06. The molecule has 118 valence electrons. The molecule has 0 aromatic heterocycles. The summed E-state index contributed by atoms with van der Waals surface area (Å²) in [6, 6.07) is 0. The van der Waals surface area contributed by atoms with Crippen LogP contribution in [0.3, 0.4) is 0 Å². The first-order valence-electron chi connectivity index (χ1n) is 11.7. The Kier molecular flexibility index (Phi) is 1.97. The standard InChI is InChI=1S/C19H30O2/c1-18-9-7-13(20)11-12(18)3-4-14-15-5-6-17(21)19(15,2)10-8-16(14)18/h12,14-17,21H,3-11H2,1-2H3/t12-,14-,15-,16-,17?,18-,19-/m0/s1/i3T,4T,7T,9T,11T,12T/t3?,4?,7?,9?,11?,12-,14-,15-,16-,17?,18-,19-. The molecule has 0 radical (unpaired) electrons. The fraction of sp³-hybridized carbons (Fsp3) is 0.947. The van der Waals surface area contributed by atoms with Crippen molar-refractivity contribution in [3.05, 3.63) is 0 Å². The van der Waals surface area contributed by atoms with Crippen LogP contribution in [0.25, 0.3) is 0 Å². The number of rotatable bonds is 0. The first kappa shape index (κ1) is 9.05. The predicted octanol–water partition coefficient (Wildman–Crippen LogP) is 3.96. The highest BCUT2D eigenvalue weighted by atomic mass is 16.3. The molecule has 4 fully saturated rings. The molecule has 0 aromatic rings. The number of carbonyl (C=O) groups is 1. The molecule has 6 unspecified atom stereocenters. The summed E-state index contributed by atoms with van der Waals surface area (Å²) in [6.07, 6.45) is -3.88. The van der Waals surface area contributed by atoms with Crippen LogP contribution in [0, 0.1) is 34.5 Å². The van der Waals surface area contributed by atoms with Crippen LogP contribution < -0.4 is 0 Å². The van der Waals surface area contributed by atoms with Gasteiger partial charge in [-0.3, -0.25) is 4.79 Å². The number of fused-ring (bicyclic) bond motifs is 5. The van der Waals surface area contributed by atoms with Gasteiger partial charge in [-0.1, -0.05) is 13.8 Å². The van der Waals surface area contributed by atoms with Crippen molar-refractivity contribution in [2.75, 3.05) is 0 Å². The van der Waals surface area contributed by atoms with Gasteiger partial charge in [0.2, 0.25) is 0 Å². The topological polar surface area (TPSA) is 37.3 Å². The SMILES string of the molecule is [3H]C1C(=O)C([3H])[C@]2([3H])C([3H])C([3H])[C@H]3[C@@H]4CCC(O)[C@@]4(C)CC[C@@H]3[C@@]2(C)C1[3H]. The Morgan fingerprint density at radius 3 is 2.76 bits per heavy atom. The minimum atomic E-state index is -1.84. The summed E-state index contributed by atoms with van der Waals surface area (Å²) in [5.41, 5.74) is -1.45. The Balaban J connectivity index is 1.86. The monoisotopic (exact) mass is 302 g/mol. The number of aliphatic hydroxyl groups is 1. The molecule has 0 spiro atoms. The van der Waals surface area contributed by atoms with Crippen LogP contribution in [0.4, 0.5) is 0 Å². The minimum absolute atomic E-state index is 0.0566. The van der Waals surface area contributed by atoms with Crippen LogP contribution in [0.15, 0.2) is 0 Å². The van der Waals surface area contributed by atoms with Gasteiger partial charge in [0.05, 0.1) is 6.10 Å². The maximum absolute atomic E-state index is 12.4. The van der Waals surface area contributed by atoms with E-state index in [1.54, 1.807) is 6.92 Å². The molecular formula is C19H30O2. The molecule has 21 heavy (non-hydrogen) atoms. The first-order valence-corrected chi connectivity index (χ1v) is 8.27. The molecule has 0 saturated heterocycles. The minimum Gasteiger partial charge on any atom is -0.393 e. The van der Waals surface area contributed by atoms with E-state index in [0.29, 0.717) is 12.8 Å². The number of ketones is 1. The van der Waals surface area contributed by atoms with Crippen LogP contribution in [-0.2, 0) is 4.79 Å². The summed E-state index contributed by atoms with van der Waals surface area (Å²) >= 11 is 0. The van der Waals surface area contributed by atoms with Gasteiger partial charge in [-0.15, -0.1) is 0 Å². The van der Waals surface area contributed by atoms with Gasteiger partial charge in [-0.25, -0.2) is 0 Å². The molecule has 4 saturated carbocycles. The second-order valence-electron chi connectivity index (χ2n) is 7.91. The summed E-state index contributed by atoms with van der Waals surface area (Å²) in [7, 11) is 0. The van der Waals surface area contributed by atoms with E-state index < -0.39 is 55.2 Å². The zero-order valence-corrected chi connectivity index (χ0v) is 12.9. The summed E-state index contributed by atoms with van der Waals surface area (Å²) in [5.74, 6) is -3.00. The lowest BCUT2D eigenvalue weighted by molar-refractivity contribution is -0.141. The van der Waals surface area contributed by atoms with E-state index in [4.69, 9.17) is 8.22 Å². The van der Waals surface area contributed by atoms with Crippen LogP contribution in [0.2, 0.25) is 0 Å². The normalized spacial score (nSPS) is 81.7. The lowest BCUT2D eigenvalue weighted by Crippen LogP contribution is -2.54. The van der Waals surface area contributed by atoms with Crippen LogP contribution >= 0.6 is 0 Å². The van der Waals surface area contributed by atoms with E-state index in [0.717, 1.165) is 12.8 Å². The Hall–Kier alpha value is -0.370. The maximum Gasteiger partial charge on any atom is 0.133 e. The molecule has 0 amide bonds. The summed E-state index contributed by atoms with van der Waals surface area (Å²) in [6.45, 7) is 3.80. The largest absolute Gasteiger partial charge is 0.393 e. The van der Waals surface area contributed by atoms with E-state index in [-0.39, 0.29) is 23.2 Å². The van der Waals surface area contributed by atoms with Crippen molar-refractivity contribution in [2.45, 2.75) is 77.6 Å². The molecular weight excluding hydrogens is 260 g/mol. The van der Waals surface area contributed by atoms with Gasteiger partial charge in [0.15, 0.2) is 0 Å². The number of hydrogen-bond donors (Lipinski definition) is 1. The average molecular weight is 302 g/mol. The Morgan fingerprint density at radius 1 is 1.19 bits per heavy atom. The molecule has 2 heteroatoms. The van der Waals surface area contributed by atoms with Crippen molar-refractivity contribution >= 4 is 5.78 Å². The first-order chi connectivity index (χ1) is 12.4. The average Bonchev–Trinajstić information content (AvgIpc) is 2.95. The van der Waals surface area contributed by atoms with Crippen molar-refractivity contribution in [3.8, 4) is 0 Å². The van der Waals surface area contributed by atoms with E-state index in [2.05, 4.69) is 6.92 Å². The molecule has 0 aliphatic heterocycles. The molecule has 1 N–H and O–H groups in total. The van der Waals surface area contributed by atoms with Crippen molar-refractivity contribution in [2.24, 2.45) is 34.5 Å². The van der Waals surface area contributed by atoms with Crippen LogP contribution in [-0.4, -0.2) is 17.0 Å². The summed E-state index contributed by atoms with van der Waals surface area (Å²) < 4.78 is 52.0. The van der Waals surface area contributed by atoms with Gasteiger partial charge in [-0.2, -0.15) is 0 Å². The smallest absolute Gasteiger partial charge is 0.133 e. The van der Waals surface area contributed by atoms with Crippen molar-refractivity contribution in [1.29, 1.82) is 0 Å². The zero-order valence-electron chi connectivity index (χ0n) is 18.9. The van der Waals surface area contributed by atoms with E-state index in [1.165, 1.54) is 0 Å². The number of carbonyl (C=O) groups excluding carboxylic acids is 1. The van der Waals surface area contributed by atoms with Gasteiger partial charge in [0, 0.05) is 21.0 Å².